The number of rotatable bonds is 7. The van der Waals surface area contributed by atoms with Gasteiger partial charge in [-0.1, -0.05) is 54.6 Å². The third-order valence-corrected chi connectivity index (χ3v) is 4.97. The number of aromatic amines is 1. The highest BCUT2D eigenvalue weighted by Gasteiger charge is 2.11. The Morgan fingerprint density at radius 3 is 2.52 bits per heavy atom. The summed E-state index contributed by atoms with van der Waals surface area (Å²) >= 11 is 0. The van der Waals surface area contributed by atoms with Crippen molar-refractivity contribution in [3.63, 3.8) is 0 Å². The van der Waals surface area contributed by atoms with Crippen LogP contribution in [0, 0.1) is 0 Å². The maximum absolute atomic E-state index is 11.9. The molecular formula is C25H24N4O2. The number of hydrogen-bond donors (Lipinski definition) is 2. The van der Waals surface area contributed by atoms with Crippen LogP contribution in [0.3, 0.4) is 0 Å². The number of benzene rings is 3. The first-order chi connectivity index (χ1) is 15.1. The minimum absolute atomic E-state index is 0.341. The first-order valence-electron chi connectivity index (χ1n) is 10.3. The van der Waals surface area contributed by atoms with Gasteiger partial charge in [-0.25, -0.2) is 9.78 Å². The minimum atomic E-state index is -0.341. The summed E-state index contributed by atoms with van der Waals surface area (Å²) in [5.74, 6) is 0.903. The fourth-order valence-electron chi connectivity index (χ4n) is 3.33. The van der Waals surface area contributed by atoms with E-state index in [1.165, 1.54) is 5.56 Å². The van der Waals surface area contributed by atoms with Gasteiger partial charge in [-0.05, 0) is 37.1 Å². The summed E-state index contributed by atoms with van der Waals surface area (Å²) in [5.41, 5.74) is 11.3. The number of amidine groups is 1. The number of carbonyl (C=O) groups is 1. The van der Waals surface area contributed by atoms with Gasteiger partial charge in [0, 0.05) is 17.7 Å². The third-order valence-electron chi connectivity index (χ3n) is 4.97. The number of ether oxygens (including phenoxy) is 1. The molecule has 0 bridgehead atoms. The molecule has 1 heterocycles. The van der Waals surface area contributed by atoms with E-state index in [0.29, 0.717) is 24.6 Å². The maximum Gasteiger partial charge on any atom is 0.338 e. The molecule has 6 heteroatoms. The molecule has 0 unspecified atom stereocenters. The molecule has 3 aromatic carbocycles. The quantitative estimate of drug-likeness (QED) is 0.268. The van der Waals surface area contributed by atoms with Crippen LogP contribution >= 0.6 is 0 Å². The summed E-state index contributed by atoms with van der Waals surface area (Å²) in [4.78, 5) is 24.3. The molecule has 3 N–H and O–H groups in total. The number of nitrogens with zero attached hydrogens (tertiary/aromatic N) is 2. The average Bonchev–Trinajstić information content (AvgIpc) is 3.23. The lowest BCUT2D eigenvalue weighted by molar-refractivity contribution is 0.0526. The second-order valence-electron chi connectivity index (χ2n) is 7.12. The number of nitrogens with two attached hydrogens (primary N) is 1. The van der Waals surface area contributed by atoms with E-state index < -0.39 is 0 Å². The molecule has 0 spiro atoms. The van der Waals surface area contributed by atoms with Crippen molar-refractivity contribution in [2.75, 3.05) is 13.2 Å². The zero-order valence-electron chi connectivity index (χ0n) is 17.3. The standard InChI is InChI=1S/C25H24N4O2/c1-2-31-25(30)20-12-13-21-22(16-20)29-24(28-21)19-10-8-18(9-11-19)23(26)27-15-14-17-6-4-3-5-7-17/h3-13,16H,2,14-15H2,1H3,(H2,26,27)(H,28,29). The number of aliphatic imine (C=N–C) groups is 1. The van der Waals surface area contributed by atoms with Gasteiger partial charge in [-0.3, -0.25) is 4.99 Å². The Labute approximate surface area is 180 Å². The van der Waals surface area contributed by atoms with E-state index in [9.17, 15) is 4.79 Å². The van der Waals surface area contributed by atoms with Crippen molar-refractivity contribution in [1.29, 1.82) is 0 Å². The smallest absolute Gasteiger partial charge is 0.338 e. The molecule has 6 nitrogen and oxygen atoms in total. The van der Waals surface area contributed by atoms with Crippen molar-refractivity contribution in [1.82, 2.24) is 9.97 Å². The van der Waals surface area contributed by atoms with E-state index in [1.54, 1.807) is 19.1 Å². The summed E-state index contributed by atoms with van der Waals surface area (Å²) in [6.45, 7) is 2.77. The fraction of sp³-hybridized carbons (Fsp3) is 0.160. The lowest BCUT2D eigenvalue weighted by Crippen LogP contribution is -2.14. The zero-order valence-corrected chi connectivity index (χ0v) is 17.3. The highest BCUT2D eigenvalue weighted by atomic mass is 16.5. The van der Waals surface area contributed by atoms with Crippen molar-refractivity contribution < 1.29 is 9.53 Å². The molecule has 0 aliphatic rings. The SMILES string of the molecule is CCOC(=O)c1ccc2nc(-c3ccc(C(N)=NCCc4ccccc4)cc3)[nH]c2c1. The largest absolute Gasteiger partial charge is 0.462 e. The molecule has 0 aliphatic heterocycles. The van der Waals surface area contributed by atoms with Gasteiger partial charge in [0.15, 0.2) is 0 Å². The molecule has 0 saturated carbocycles. The Hall–Kier alpha value is -3.93. The number of H-pyrrole nitrogens is 1. The van der Waals surface area contributed by atoms with Gasteiger partial charge in [0.25, 0.3) is 0 Å². The first kappa shape index (κ1) is 20.3. The van der Waals surface area contributed by atoms with Crippen LogP contribution in [0.2, 0.25) is 0 Å². The molecule has 0 radical (unpaired) electrons. The van der Waals surface area contributed by atoms with Crippen molar-refractivity contribution in [2.45, 2.75) is 13.3 Å². The molecule has 156 valence electrons. The predicted molar refractivity (Wildman–Crippen MR) is 123 cm³/mol. The van der Waals surface area contributed by atoms with Crippen LogP contribution in [0.15, 0.2) is 77.8 Å². The normalized spacial score (nSPS) is 11.6. The maximum atomic E-state index is 11.9. The predicted octanol–water partition coefficient (Wildman–Crippen LogP) is 4.35. The van der Waals surface area contributed by atoms with Gasteiger partial charge in [0.1, 0.15) is 11.7 Å². The van der Waals surface area contributed by atoms with Crippen LogP contribution in [-0.2, 0) is 11.2 Å². The van der Waals surface area contributed by atoms with Gasteiger partial charge >= 0.3 is 5.97 Å². The van der Waals surface area contributed by atoms with Gasteiger partial charge in [0.2, 0.25) is 0 Å². The molecular weight excluding hydrogens is 388 g/mol. The first-order valence-corrected chi connectivity index (χ1v) is 10.3. The summed E-state index contributed by atoms with van der Waals surface area (Å²) in [6.07, 6.45) is 0.854. The Bertz CT molecular complexity index is 1210. The zero-order chi connectivity index (χ0) is 21.6. The molecule has 1 aromatic heterocycles. The van der Waals surface area contributed by atoms with Gasteiger partial charge < -0.3 is 15.5 Å². The van der Waals surface area contributed by atoms with E-state index in [4.69, 9.17) is 10.5 Å². The Balaban J connectivity index is 1.47. The van der Waals surface area contributed by atoms with Crippen LogP contribution < -0.4 is 5.73 Å². The number of fused-ring (bicyclic) bond motifs is 1. The van der Waals surface area contributed by atoms with Crippen LogP contribution in [0.1, 0.15) is 28.4 Å². The number of esters is 1. The van der Waals surface area contributed by atoms with Crippen molar-refractivity contribution >= 4 is 22.8 Å². The van der Waals surface area contributed by atoms with E-state index in [2.05, 4.69) is 27.1 Å². The minimum Gasteiger partial charge on any atom is -0.462 e. The second kappa shape index (κ2) is 9.26. The number of hydrogen-bond acceptors (Lipinski definition) is 4. The number of nitrogens with one attached hydrogen (secondary N) is 1. The molecule has 31 heavy (non-hydrogen) atoms. The lowest BCUT2D eigenvalue weighted by atomic mass is 10.1. The van der Waals surface area contributed by atoms with E-state index in [-0.39, 0.29) is 5.97 Å². The summed E-state index contributed by atoms with van der Waals surface area (Å²) < 4.78 is 5.06. The number of imidazole rings is 1. The van der Waals surface area contributed by atoms with Gasteiger partial charge in [-0.15, -0.1) is 0 Å². The van der Waals surface area contributed by atoms with Crippen molar-refractivity contribution in [3.05, 3.63) is 89.5 Å². The highest BCUT2D eigenvalue weighted by Crippen LogP contribution is 2.22. The second-order valence-corrected chi connectivity index (χ2v) is 7.12. The van der Waals surface area contributed by atoms with Crippen LogP contribution in [0.5, 0.6) is 0 Å². The summed E-state index contributed by atoms with van der Waals surface area (Å²) in [7, 11) is 0. The number of carbonyl (C=O) groups excluding carboxylic acids is 1. The van der Waals surface area contributed by atoms with Gasteiger partial charge in [0.05, 0.1) is 23.2 Å². The molecule has 4 aromatic rings. The topological polar surface area (TPSA) is 93.4 Å². The van der Waals surface area contributed by atoms with E-state index >= 15 is 0 Å². The molecule has 0 amide bonds. The Kier molecular flexibility index (Phi) is 6.08. The highest BCUT2D eigenvalue weighted by molar-refractivity contribution is 5.98. The molecule has 4 rings (SSSR count). The van der Waals surface area contributed by atoms with Crippen LogP contribution in [0.25, 0.3) is 22.4 Å². The fourth-order valence-corrected chi connectivity index (χ4v) is 3.33. The van der Waals surface area contributed by atoms with Crippen LogP contribution in [0.4, 0.5) is 0 Å². The summed E-state index contributed by atoms with van der Waals surface area (Å²) in [6, 6.07) is 23.3. The average molecular weight is 412 g/mol. The number of aromatic nitrogens is 2. The van der Waals surface area contributed by atoms with E-state index in [0.717, 1.165) is 34.4 Å². The van der Waals surface area contributed by atoms with Gasteiger partial charge in [-0.2, -0.15) is 0 Å². The van der Waals surface area contributed by atoms with Crippen molar-refractivity contribution in [2.24, 2.45) is 10.7 Å². The van der Waals surface area contributed by atoms with Crippen LogP contribution in [-0.4, -0.2) is 34.9 Å². The molecule has 0 saturated heterocycles. The van der Waals surface area contributed by atoms with E-state index in [1.807, 2.05) is 48.5 Å². The molecule has 0 aliphatic carbocycles. The molecule has 0 fully saturated rings. The Morgan fingerprint density at radius 1 is 1.03 bits per heavy atom. The third kappa shape index (κ3) is 4.80. The lowest BCUT2D eigenvalue weighted by Gasteiger charge is -2.03. The monoisotopic (exact) mass is 412 g/mol. The summed E-state index contributed by atoms with van der Waals surface area (Å²) in [5, 5.41) is 0. The Morgan fingerprint density at radius 2 is 1.77 bits per heavy atom. The molecule has 0 atom stereocenters. The van der Waals surface area contributed by atoms with Crippen molar-refractivity contribution in [3.8, 4) is 11.4 Å².